The highest BCUT2D eigenvalue weighted by atomic mass is 35.5. The molecule has 0 aliphatic heterocycles. The van der Waals surface area contributed by atoms with Gasteiger partial charge in [-0.15, -0.1) is 11.8 Å². The minimum atomic E-state index is -0.158. The van der Waals surface area contributed by atoms with Crippen molar-refractivity contribution in [3.8, 4) is 5.75 Å². The molecule has 0 fully saturated rings. The van der Waals surface area contributed by atoms with Crippen molar-refractivity contribution in [2.45, 2.75) is 32.8 Å². The third-order valence-corrected chi connectivity index (χ3v) is 4.98. The van der Waals surface area contributed by atoms with Crippen molar-refractivity contribution in [3.05, 3.63) is 76.2 Å². The number of ether oxygens (including phenoxy) is 1. The van der Waals surface area contributed by atoms with Crippen LogP contribution in [0.15, 0.2) is 60.0 Å². The lowest BCUT2D eigenvalue weighted by atomic mass is 10.00. The highest BCUT2D eigenvalue weighted by Crippen LogP contribution is 2.27. The van der Waals surface area contributed by atoms with Gasteiger partial charge in [0.15, 0.2) is 5.78 Å². The smallest absolute Gasteiger partial charge is 0.162 e. The summed E-state index contributed by atoms with van der Waals surface area (Å²) in [5.41, 5.74) is 1.67. The van der Waals surface area contributed by atoms with Crippen LogP contribution in [-0.2, 0) is 0 Å². The summed E-state index contributed by atoms with van der Waals surface area (Å²) in [6.45, 7) is 4.09. The average Bonchev–Trinajstić information content (AvgIpc) is 2.65. The van der Waals surface area contributed by atoms with Gasteiger partial charge in [0, 0.05) is 22.6 Å². The van der Waals surface area contributed by atoms with Crippen molar-refractivity contribution in [1.29, 1.82) is 0 Å². The highest BCUT2D eigenvalue weighted by molar-refractivity contribution is 8.01. The zero-order valence-corrected chi connectivity index (χ0v) is 17.0. The lowest BCUT2D eigenvalue weighted by Crippen LogP contribution is -2.05. The van der Waals surface area contributed by atoms with Crippen LogP contribution < -0.4 is 4.74 Å². The molecule has 0 aliphatic rings. The summed E-state index contributed by atoms with van der Waals surface area (Å²) in [6.07, 6.45) is 5.43. The van der Waals surface area contributed by atoms with E-state index in [0.29, 0.717) is 17.4 Å². The van der Waals surface area contributed by atoms with Crippen LogP contribution in [0.4, 0.5) is 0 Å². The third-order valence-electron chi connectivity index (χ3n) is 4.20. The second-order valence-corrected chi connectivity index (χ2v) is 7.46. The van der Waals surface area contributed by atoms with E-state index in [1.807, 2.05) is 61.7 Å². The Hall–Kier alpha value is -1.71. The molecule has 2 aromatic rings. The van der Waals surface area contributed by atoms with Gasteiger partial charge in [0.05, 0.1) is 0 Å². The molecule has 0 amide bonds. The maximum absolute atomic E-state index is 12.3. The van der Waals surface area contributed by atoms with Gasteiger partial charge >= 0.3 is 0 Å². The number of benzene rings is 2. The standard InChI is InChI=1S/C22H25ClO2S/c1-16(14-15-26-3)8-13-22(24)18-9-11-19(12-10-18)25-17(2)20-6-4-5-7-21(20)23/h4-7,9-12,14-17H,8,13H2,1-3H3/b15-14+/t16-,17?/m0/s1. The number of Topliss-reactive ketones (excluding diaryl/α,β-unsaturated/α-hetero) is 1. The molecule has 2 aromatic carbocycles. The van der Waals surface area contributed by atoms with Crippen molar-refractivity contribution in [3.63, 3.8) is 0 Å². The van der Waals surface area contributed by atoms with Crippen LogP contribution in [0.5, 0.6) is 5.75 Å². The number of hydrogen-bond donors (Lipinski definition) is 0. The van der Waals surface area contributed by atoms with Crippen molar-refractivity contribution in [2.24, 2.45) is 5.92 Å². The van der Waals surface area contributed by atoms with Gasteiger partial charge in [-0.25, -0.2) is 0 Å². The van der Waals surface area contributed by atoms with E-state index in [1.54, 1.807) is 11.8 Å². The number of carbonyl (C=O) groups is 1. The molecule has 0 aromatic heterocycles. The van der Waals surface area contributed by atoms with Gasteiger partial charge in [-0.3, -0.25) is 4.79 Å². The van der Waals surface area contributed by atoms with Crippen LogP contribution in [0.25, 0.3) is 0 Å². The first kappa shape index (κ1) is 20.6. The number of thioether (sulfide) groups is 1. The van der Waals surface area contributed by atoms with E-state index in [0.717, 1.165) is 23.3 Å². The summed E-state index contributed by atoms with van der Waals surface area (Å²) < 4.78 is 5.95. The Labute approximate surface area is 165 Å². The number of halogens is 1. The Morgan fingerprint density at radius 1 is 1.15 bits per heavy atom. The van der Waals surface area contributed by atoms with Gasteiger partial charge in [-0.05, 0) is 61.3 Å². The Kier molecular flexibility index (Phi) is 8.27. The van der Waals surface area contributed by atoms with E-state index in [-0.39, 0.29) is 11.9 Å². The Morgan fingerprint density at radius 3 is 2.50 bits per heavy atom. The zero-order valence-electron chi connectivity index (χ0n) is 15.4. The lowest BCUT2D eigenvalue weighted by molar-refractivity contribution is 0.0976. The molecule has 0 radical (unpaired) electrons. The van der Waals surface area contributed by atoms with E-state index in [1.165, 1.54) is 0 Å². The summed E-state index contributed by atoms with van der Waals surface area (Å²) in [5.74, 6) is 1.30. The predicted molar refractivity (Wildman–Crippen MR) is 112 cm³/mol. The summed E-state index contributed by atoms with van der Waals surface area (Å²) in [6, 6.07) is 15.0. The minimum absolute atomic E-state index is 0.158. The number of ketones is 1. The Morgan fingerprint density at radius 2 is 1.85 bits per heavy atom. The molecule has 0 saturated carbocycles. The van der Waals surface area contributed by atoms with Gasteiger partial charge < -0.3 is 4.74 Å². The van der Waals surface area contributed by atoms with Crippen LogP contribution in [0.2, 0.25) is 5.02 Å². The normalized spacial score (nSPS) is 13.5. The van der Waals surface area contributed by atoms with Crippen LogP contribution in [0.3, 0.4) is 0 Å². The van der Waals surface area contributed by atoms with Crippen LogP contribution in [0, 0.1) is 5.92 Å². The fourth-order valence-corrected chi connectivity index (χ4v) is 3.32. The van der Waals surface area contributed by atoms with Crippen molar-refractivity contribution >= 4 is 29.1 Å². The Balaban J connectivity index is 1.92. The number of rotatable bonds is 9. The Bertz CT molecular complexity index is 740. The number of allylic oxidation sites excluding steroid dienone is 1. The lowest BCUT2D eigenvalue weighted by Gasteiger charge is -2.16. The molecule has 0 spiro atoms. The molecule has 0 N–H and O–H groups in total. The molecule has 1 unspecified atom stereocenters. The van der Waals surface area contributed by atoms with E-state index in [4.69, 9.17) is 16.3 Å². The summed E-state index contributed by atoms with van der Waals surface area (Å²) in [7, 11) is 0. The zero-order chi connectivity index (χ0) is 18.9. The molecule has 0 bridgehead atoms. The molecule has 0 aliphatic carbocycles. The molecule has 138 valence electrons. The summed E-state index contributed by atoms with van der Waals surface area (Å²) >= 11 is 7.89. The second-order valence-electron chi connectivity index (χ2n) is 6.31. The van der Waals surface area contributed by atoms with Gasteiger partial charge in [-0.2, -0.15) is 0 Å². The van der Waals surface area contributed by atoms with Crippen molar-refractivity contribution in [1.82, 2.24) is 0 Å². The number of carbonyl (C=O) groups excluding carboxylic acids is 1. The fraction of sp³-hybridized carbons (Fsp3) is 0.318. The first-order valence-corrected chi connectivity index (χ1v) is 10.4. The average molecular weight is 389 g/mol. The van der Waals surface area contributed by atoms with E-state index < -0.39 is 0 Å². The van der Waals surface area contributed by atoms with Gasteiger partial charge in [0.1, 0.15) is 11.9 Å². The van der Waals surface area contributed by atoms with E-state index >= 15 is 0 Å². The highest BCUT2D eigenvalue weighted by Gasteiger charge is 2.12. The van der Waals surface area contributed by atoms with Crippen molar-refractivity contribution in [2.75, 3.05) is 6.26 Å². The first-order chi connectivity index (χ1) is 12.5. The predicted octanol–water partition coefficient (Wildman–Crippen LogP) is 6.96. The van der Waals surface area contributed by atoms with Crippen LogP contribution in [0.1, 0.15) is 48.7 Å². The first-order valence-electron chi connectivity index (χ1n) is 8.75. The molecule has 2 nitrogen and oxygen atoms in total. The molecular formula is C22H25ClO2S. The molecule has 0 heterocycles. The maximum atomic E-state index is 12.3. The molecule has 4 heteroatoms. The monoisotopic (exact) mass is 388 g/mol. The van der Waals surface area contributed by atoms with Crippen molar-refractivity contribution < 1.29 is 9.53 Å². The molecule has 0 saturated heterocycles. The van der Waals surface area contributed by atoms with Gasteiger partial charge in [0.25, 0.3) is 0 Å². The topological polar surface area (TPSA) is 26.3 Å². The van der Waals surface area contributed by atoms with Gasteiger partial charge in [-0.1, -0.05) is 42.8 Å². The third kappa shape index (κ3) is 6.22. The minimum Gasteiger partial charge on any atom is -0.486 e. The molecule has 2 rings (SSSR count). The summed E-state index contributed by atoms with van der Waals surface area (Å²) in [5, 5.41) is 2.76. The largest absolute Gasteiger partial charge is 0.486 e. The van der Waals surface area contributed by atoms with E-state index in [2.05, 4.69) is 18.4 Å². The van der Waals surface area contributed by atoms with Gasteiger partial charge in [0.2, 0.25) is 0 Å². The molecule has 26 heavy (non-hydrogen) atoms. The maximum Gasteiger partial charge on any atom is 0.162 e. The van der Waals surface area contributed by atoms with Crippen LogP contribution >= 0.6 is 23.4 Å². The fourth-order valence-electron chi connectivity index (χ4n) is 2.60. The van der Waals surface area contributed by atoms with Crippen LogP contribution in [-0.4, -0.2) is 12.0 Å². The quantitative estimate of drug-likeness (QED) is 0.434. The molecule has 2 atom stereocenters. The number of hydrogen-bond acceptors (Lipinski definition) is 3. The molecular weight excluding hydrogens is 364 g/mol. The second kappa shape index (κ2) is 10.4. The SMILES string of the molecule is CS/C=C/[C@@H](C)CCC(=O)c1ccc(OC(C)c2ccccc2Cl)cc1. The summed E-state index contributed by atoms with van der Waals surface area (Å²) in [4.78, 5) is 12.3. The van der Waals surface area contributed by atoms with E-state index in [9.17, 15) is 4.79 Å².